The predicted molar refractivity (Wildman–Crippen MR) is 82.9 cm³/mol. The maximum Gasteiger partial charge on any atom is 0.139 e. The molecule has 0 heterocycles. The summed E-state index contributed by atoms with van der Waals surface area (Å²) in [5.74, 6) is 0.116. The summed E-state index contributed by atoms with van der Waals surface area (Å²) in [6.45, 7) is 0.331. The molecule has 6 heteroatoms. The lowest BCUT2D eigenvalue weighted by atomic mass is 10.3. The van der Waals surface area contributed by atoms with Crippen LogP contribution in [0.3, 0.4) is 0 Å². The second-order valence-corrected chi connectivity index (χ2v) is 5.27. The van der Waals surface area contributed by atoms with Crippen LogP contribution in [-0.2, 0) is 0 Å². The number of hydrogen-bond acceptors (Lipinski definition) is 3. The molecule has 0 bridgehead atoms. The van der Waals surface area contributed by atoms with E-state index in [1.165, 1.54) is 12.1 Å². The van der Waals surface area contributed by atoms with Gasteiger partial charge < -0.3 is 15.2 Å². The van der Waals surface area contributed by atoms with E-state index in [-0.39, 0.29) is 19.0 Å². The van der Waals surface area contributed by atoms with Gasteiger partial charge in [-0.05, 0) is 36.4 Å². The summed E-state index contributed by atoms with van der Waals surface area (Å²) in [6, 6.07) is 10.7. The van der Waals surface area contributed by atoms with Gasteiger partial charge in [-0.1, -0.05) is 23.2 Å². The van der Waals surface area contributed by atoms with Gasteiger partial charge in [-0.2, -0.15) is 0 Å². The summed E-state index contributed by atoms with van der Waals surface area (Å²) in [5.41, 5.74) is 0.719. The zero-order chi connectivity index (χ0) is 15.2. The fourth-order valence-electron chi connectivity index (χ4n) is 1.64. The normalized spacial score (nSPS) is 12.0. The number of aliphatic hydroxyl groups is 1. The van der Waals surface area contributed by atoms with Crippen molar-refractivity contribution >= 4 is 28.9 Å². The first-order valence-electron chi connectivity index (χ1n) is 6.30. The molecule has 0 aliphatic heterocycles. The highest BCUT2D eigenvalue weighted by atomic mass is 35.5. The Labute approximate surface area is 132 Å². The molecule has 112 valence electrons. The fourth-order valence-corrected chi connectivity index (χ4v) is 1.97. The molecule has 0 saturated heterocycles. The van der Waals surface area contributed by atoms with E-state index in [2.05, 4.69) is 5.32 Å². The van der Waals surface area contributed by atoms with E-state index in [1.807, 2.05) is 0 Å². The molecule has 0 aliphatic rings. The largest absolute Gasteiger partial charge is 0.489 e. The van der Waals surface area contributed by atoms with Gasteiger partial charge in [0.2, 0.25) is 0 Å². The minimum absolute atomic E-state index is 0.0637. The van der Waals surface area contributed by atoms with Gasteiger partial charge in [0.05, 0.1) is 5.02 Å². The summed E-state index contributed by atoms with van der Waals surface area (Å²) in [4.78, 5) is 0. The second kappa shape index (κ2) is 7.50. The molecule has 0 aromatic heterocycles. The van der Waals surface area contributed by atoms with Crippen molar-refractivity contribution in [1.82, 2.24) is 0 Å². The van der Waals surface area contributed by atoms with E-state index in [0.29, 0.717) is 15.8 Å². The van der Waals surface area contributed by atoms with Crippen LogP contribution in [0.2, 0.25) is 10.0 Å². The Kier molecular flexibility index (Phi) is 5.67. The fraction of sp³-hybridized carbons (Fsp3) is 0.200. The van der Waals surface area contributed by atoms with Crippen LogP contribution in [0, 0.1) is 5.82 Å². The lowest BCUT2D eigenvalue weighted by Gasteiger charge is -2.15. The van der Waals surface area contributed by atoms with Gasteiger partial charge in [0.15, 0.2) is 0 Å². The summed E-state index contributed by atoms with van der Waals surface area (Å²) in [5, 5.41) is 13.8. The predicted octanol–water partition coefficient (Wildman–Crippen LogP) is 3.98. The number of ether oxygens (including phenoxy) is 1. The lowest BCUT2D eigenvalue weighted by Crippen LogP contribution is -2.26. The van der Waals surface area contributed by atoms with Crippen LogP contribution in [0.25, 0.3) is 0 Å². The minimum Gasteiger partial charge on any atom is -0.489 e. The van der Waals surface area contributed by atoms with E-state index in [4.69, 9.17) is 27.9 Å². The molecule has 2 N–H and O–H groups in total. The van der Waals surface area contributed by atoms with Gasteiger partial charge in [-0.3, -0.25) is 0 Å². The first-order valence-corrected chi connectivity index (χ1v) is 7.05. The van der Waals surface area contributed by atoms with Crippen molar-refractivity contribution in [1.29, 1.82) is 0 Å². The Morgan fingerprint density at radius 1 is 1.14 bits per heavy atom. The Bertz CT molecular complexity index is 593. The van der Waals surface area contributed by atoms with Crippen LogP contribution >= 0.6 is 23.2 Å². The SMILES string of the molecule is OC(CNc1ccc(F)cc1)COc1cc(Cl)ccc1Cl. The first kappa shape index (κ1) is 15.9. The third-order valence-electron chi connectivity index (χ3n) is 2.71. The van der Waals surface area contributed by atoms with E-state index in [1.54, 1.807) is 30.3 Å². The smallest absolute Gasteiger partial charge is 0.139 e. The molecule has 0 saturated carbocycles. The molecule has 3 nitrogen and oxygen atoms in total. The molecule has 21 heavy (non-hydrogen) atoms. The van der Waals surface area contributed by atoms with Gasteiger partial charge >= 0.3 is 0 Å². The van der Waals surface area contributed by atoms with Gasteiger partial charge in [0.1, 0.15) is 24.3 Å². The van der Waals surface area contributed by atoms with E-state index in [9.17, 15) is 9.50 Å². The van der Waals surface area contributed by atoms with Gasteiger partial charge in [-0.15, -0.1) is 0 Å². The first-order chi connectivity index (χ1) is 10.0. The third kappa shape index (κ3) is 5.08. The summed E-state index contributed by atoms with van der Waals surface area (Å²) < 4.78 is 18.2. The molecule has 0 amide bonds. The van der Waals surface area contributed by atoms with Crippen LogP contribution in [0.1, 0.15) is 0 Å². The highest BCUT2D eigenvalue weighted by Crippen LogP contribution is 2.27. The Balaban J connectivity index is 1.80. The van der Waals surface area contributed by atoms with Gasteiger partial charge in [-0.25, -0.2) is 4.39 Å². The summed E-state index contributed by atoms with van der Waals surface area (Å²) in [6.07, 6.45) is -0.745. The Morgan fingerprint density at radius 3 is 2.57 bits per heavy atom. The quantitative estimate of drug-likeness (QED) is 0.842. The molecule has 2 aromatic carbocycles. The molecule has 1 unspecified atom stereocenters. The van der Waals surface area contributed by atoms with Crippen LogP contribution in [-0.4, -0.2) is 24.4 Å². The Hall–Kier alpha value is -1.49. The monoisotopic (exact) mass is 329 g/mol. The Morgan fingerprint density at radius 2 is 1.86 bits per heavy atom. The minimum atomic E-state index is -0.745. The average molecular weight is 330 g/mol. The zero-order valence-electron chi connectivity index (χ0n) is 11.0. The number of hydrogen-bond donors (Lipinski definition) is 2. The molecular weight excluding hydrogens is 316 g/mol. The molecule has 0 fully saturated rings. The summed E-state index contributed by atoms with van der Waals surface area (Å²) >= 11 is 11.8. The summed E-state index contributed by atoms with van der Waals surface area (Å²) in [7, 11) is 0. The number of benzene rings is 2. The maximum atomic E-state index is 12.7. The molecule has 0 aliphatic carbocycles. The standard InChI is InChI=1S/C15H14Cl2FNO2/c16-10-1-6-14(17)15(7-10)21-9-13(20)8-19-12-4-2-11(18)3-5-12/h1-7,13,19-20H,8-9H2. The lowest BCUT2D eigenvalue weighted by molar-refractivity contribution is 0.117. The zero-order valence-corrected chi connectivity index (χ0v) is 12.5. The van der Waals surface area contributed by atoms with Crippen LogP contribution in [0.5, 0.6) is 5.75 Å². The number of halogens is 3. The van der Waals surface area contributed by atoms with Gasteiger partial charge in [0, 0.05) is 23.3 Å². The van der Waals surface area contributed by atoms with E-state index >= 15 is 0 Å². The molecule has 0 spiro atoms. The molecule has 0 radical (unpaired) electrons. The van der Waals surface area contributed by atoms with Crippen LogP contribution in [0.4, 0.5) is 10.1 Å². The highest BCUT2D eigenvalue weighted by Gasteiger charge is 2.08. The molecular formula is C15H14Cl2FNO2. The average Bonchev–Trinajstić information content (AvgIpc) is 2.47. The van der Waals surface area contributed by atoms with Crippen molar-refractivity contribution in [3.05, 3.63) is 58.3 Å². The maximum absolute atomic E-state index is 12.7. The third-order valence-corrected chi connectivity index (χ3v) is 3.26. The van der Waals surface area contributed by atoms with E-state index < -0.39 is 6.10 Å². The number of aliphatic hydroxyl groups excluding tert-OH is 1. The molecule has 2 aromatic rings. The van der Waals surface area contributed by atoms with Crippen molar-refractivity contribution in [3.8, 4) is 5.75 Å². The van der Waals surface area contributed by atoms with Crippen molar-refractivity contribution in [2.24, 2.45) is 0 Å². The highest BCUT2D eigenvalue weighted by molar-refractivity contribution is 6.34. The van der Waals surface area contributed by atoms with Crippen molar-refractivity contribution in [3.63, 3.8) is 0 Å². The topological polar surface area (TPSA) is 41.5 Å². The number of anilines is 1. The van der Waals surface area contributed by atoms with Crippen molar-refractivity contribution in [2.45, 2.75) is 6.10 Å². The number of rotatable bonds is 6. The van der Waals surface area contributed by atoms with Gasteiger partial charge in [0.25, 0.3) is 0 Å². The molecule has 1 atom stereocenters. The van der Waals surface area contributed by atoms with E-state index in [0.717, 1.165) is 5.69 Å². The second-order valence-electron chi connectivity index (χ2n) is 4.43. The van der Waals surface area contributed by atoms with Crippen molar-refractivity contribution < 1.29 is 14.2 Å². The number of nitrogens with one attached hydrogen (secondary N) is 1. The van der Waals surface area contributed by atoms with Crippen LogP contribution in [0.15, 0.2) is 42.5 Å². The van der Waals surface area contributed by atoms with Crippen molar-refractivity contribution in [2.75, 3.05) is 18.5 Å². The molecule has 2 rings (SSSR count). The van der Waals surface area contributed by atoms with Crippen LogP contribution < -0.4 is 10.1 Å².